The molecule has 0 fully saturated rings. The van der Waals surface area contributed by atoms with Crippen LogP contribution in [-0.4, -0.2) is 12.1 Å². The molecule has 0 aliphatic heterocycles. The van der Waals surface area contributed by atoms with Crippen LogP contribution in [0.5, 0.6) is 0 Å². The van der Waals surface area contributed by atoms with Gasteiger partial charge in [0.15, 0.2) is 0 Å². The molecule has 0 bridgehead atoms. The fourth-order valence-corrected chi connectivity index (χ4v) is 2.46. The van der Waals surface area contributed by atoms with Crippen LogP contribution >= 0.6 is 27.3 Å². The normalized spacial score (nSPS) is 15.4. The first-order chi connectivity index (χ1) is 6.53. The summed E-state index contributed by atoms with van der Waals surface area (Å²) in [5.41, 5.74) is 5.93. The van der Waals surface area contributed by atoms with E-state index in [0.29, 0.717) is 0 Å². The van der Waals surface area contributed by atoms with E-state index in [1.54, 1.807) is 11.3 Å². The van der Waals surface area contributed by atoms with E-state index >= 15 is 0 Å². The van der Waals surface area contributed by atoms with Crippen molar-refractivity contribution >= 4 is 27.3 Å². The highest BCUT2D eigenvalue weighted by atomic mass is 79.9. The average molecular weight is 277 g/mol. The summed E-state index contributed by atoms with van der Waals surface area (Å²) >= 11 is 5.19. The van der Waals surface area contributed by atoms with Crippen LogP contribution in [0.2, 0.25) is 0 Å². The van der Waals surface area contributed by atoms with Crippen LogP contribution in [-0.2, 0) is 6.54 Å². The molecule has 1 rings (SSSR count). The minimum Gasteiger partial charge on any atom is -0.324 e. The van der Waals surface area contributed by atoms with Crippen molar-refractivity contribution in [3.8, 4) is 0 Å². The van der Waals surface area contributed by atoms with Crippen molar-refractivity contribution in [2.45, 2.75) is 32.4 Å². The Labute approximate surface area is 98.0 Å². The third-order valence-corrected chi connectivity index (χ3v) is 3.96. The molecule has 3 N–H and O–H groups in total. The van der Waals surface area contributed by atoms with E-state index in [2.05, 4.69) is 46.5 Å². The molecule has 1 aromatic rings. The molecule has 0 amide bonds. The molecule has 1 heterocycles. The quantitative estimate of drug-likeness (QED) is 0.868. The van der Waals surface area contributed by atoms with E-state index < -0.39 is 0 Å². The summed E-state index contributed by atoms with van der Waals surface area (Å²) in [6.45, 7) is 5.95. The second-order valence-corrected chi connectivity index (χ2v) is 5.75. The number of rotatable bonds is 5. The fraction of sp³-hybridized carbons (Fsp3) is 0.600. The average Bonchev–Trinajstić information content (AvgIpc) is 2.51. The minimum absolute atomic E-state index is 0.0888. The van der Waals surface area contributed by atoms with E-state index in [1.807, 2.05) is 0 Å². The van der Waals surface area contributed by atoms with Crippen LogP contribution in [0.15, 0.2) is 15.9 Å². The number of thiophene rings is 1. The van der Waals surface area contributed by atoms with E-state index in [4.69, 9.17) is 5.73 Å². The summed E-state index contributed by atoms with van der Waals surface area (Å²) in [5, 5.41) is 5.47. The predicted octanol–water partition coefficient (Wildman–Crippen LogP) is 2.73. The number of nitrogens with one attached hydrogen (secondary N) is 1. The Kier molecular flexibility index (Phi) is 4.57. The summed E-state index contributed by atoms with van der Waals surface area (Å²) in [5.74, 6) is 0. The maximum absolute atomic E-state index is 6.02. The lowest BCUT2D eigenvalue weighted by Crippen LogP contribution is -2.45. The van der Waals surface area contributed by atoms with Gasteiger partial charge < -0.3 is 11.1 Å². The van der Waals surface area contributed by atoms with Gasteiger partial charge in [-0.25, -0.2) is 0 Å². The molecule has 4 heteroatoms. The molecule has 0 aliphatic carbocycles. The zero-order valence-electron chi connectivity index (χ0n) is 8.64. The van der Waals surface area contributed by atoms with Gasteiger partial charge in [0, 0.05) is 33.4 Å². The SMILES string of the molecule is CCC(C)(N)CNCc1cc(Br)cs1. The molecule has 1 unspecified atom stereocenters. The number of hydrogen-bond donors (Lipinski definition) is 2. The molecule has 1 aromatic heterocycles. The Hall–Kier alpha value is 0.1000. The molecule has 80 valence electrons. The molecule has 0 saturated carbocycles. The van der Waals surface area contributed by atoms with Crippen molar-refractivity contribution in [1.29, 1.82) is 0 Å². The van der Waals surface area contributed by atoms with Gasteiger partial charge in [0.05, 0.1) is 0 Å². The zero-order chi connectivity index (χ0) is 10.6. The van der Waals surface area contributed by atoms with Crippen LogP contribution in [0.4, 0.5) is 0 Å². The van der Waals surface area contributed by atoms with Crippen molar-refractivity contribution in [3.63, 3.8) is 0 Å². The highest BCUT2D eigenvalue weighted by Crippen LogP contribution is 2.19. The Morgan fingerprint density at radius 3 is 2.86 bits per heavy atom. The van der Waals surface area contributed by atoms with Crippen LogP contribution in [0.25, 0.3) is 0 Å². The van der Waals surface area contributed by atoms with E-state index in [9.17, 15) is 0 Å². The summed E-state index contributed by atoms with van der Waals surface area (Å²) in [7, 11) is 0. The van der Waals surface area contributed by atoms with E-state index in [-0.39, 0.29) is 5.54 Å². The topological polar surface area (TPSA) is 38.0 Å². The van der Waals surface area contributed by atoms with E-state index in [1.165, 1.54) is 4.88 Å². The molecule has 0 spiro atoms. The van der Waals surface area contributed by atoms with Crippen molar-refractivity contribution in [2.24, 2.45) is 5.73 Å². The number of nitrogens with two attached hydrogens (primary N) is 1. The lowest BCUT2D eigenvalue weighted by Gasteiger charge is -2.22. The van der Waals surface area contributed by atoms with Gasteiger partial charge in [-0.05, 0) is 35.3 Å². The van der Waals surface area contributed by atoms with Crippen LogP contribution in [0, 0.1) is 0 Å². The molecule has 0 radical (unpaired) electrons. The van der Waals surface area contributed by atoms with Crippen LogP contribution < -0.4 is 11.1 Å². The Morgan fingerprint density at radius 2 is 2.36 bits per heavy atom. The van der Waals surface area contributed by atoms with Crippen LogP contribution in [0.3, 0.4) is 0 Å². The highest BCUT2D eigenvalue weighted by molar-refractivity contribution is 9.10. The standard InChI is InChI=1S/C10H17BrN2S/c1-3-10(2,12)7-13-5-9-4-8(11)6-14-9/h4,6,13H,3,5,7,12H2,1-2H3. The first kappa shape index (κ1) is 12.2. The summed E-state index contributed by atoms with van der Waals surface area (Å²) in [6, 6.07) is 2.14. The minimum atomic E-state index is -0.0888. The van der Waals surface area contributed by atoms with Crippen molar-refractivity contribution < 1.29 is 0 Å². The fourth-order valence-electron chi connectivity index (χ4n) is 1.04. The Bertz CT molecular complexity index is 283. The maximum Gasteiger partial charge on any atom is 0.0300 e. The molecular formula is C10H17BrN2S. The number of hydrogen-bond acceptors (Lipinski definition) is 3. The second-order valence-electron chi connectivity index (χ2n) is 3.84. The predicted molar refractivity (Wildman–Crippen MR) is 66.6 cm³/mol. The largest absolute Gasteiger partial charge is 0.324 e. The molecule has 1 atom stereocenters. The zero-order valence-corrected chi connectivity index (χ0v) is 11.0. The summed E-state index contributed by atoms with van der Waals surface area (Å²) in [4.78, 5) is 1.34. The van der Waals surface area contributed by atoms with Gasteiger partial charge in [-0.15, -0.1) is 11.3 Å². The Morgan fingerprint density at radius 1 is 1.64 bits per heavy atom. The molecule has 2 nitrogen and oxygen atoms in total. The van der Waals surface area contributed by atoms with Crippen molar-refractivity contribution in [2.75, 3.05) is 6.54 Å². The molecule has 14 heavy (non-hydrogen) atoms. The lowest BCUT2D eigenvalue weighted by molar-refractivity contribution is 0.417. The van der Waals surface area contributed by atoms with Gasteiger partial charge in [0.25, 0.3) is 0 Å². The van der Waals surface area contributed by atoms with Gasteiger partial charge in [-0.2, -0.15) is 0 Å². The first-order valence-corrected chi connectivity index (χ1v) is 6.43. The van der Waals surface area contributed by atoms with E-state index in [0.717, 1.165) is 24.0 Å². The van der Waals surface area contributed by atoms with Gasteiger partial charge in [0.1, 0.15) is 0 Å². The second kappa shape index (κ2) is 5.26. The first-order valence-electron chi connectivity index (χ1n) is 4.76. The van der Waals surface area contributed by atoms with Crippen LogP contribution in [0.1, 0.15) is 25.1 Å². The molecular weight excluding hydrogens is 260 g/mol. The summed E-state index contributed by atoms with van der Waals surface area (Å²) < 4.78 is 1.16. The van der Waals surface area contributed by atoms with Gasteiger partial charge in [-0.1, -0.05) is 6.92 Å². The third kappa shape index (κ3) is 4.09. The number of halogens is 1. The van der Waals surface area contributed by atoms with Gasteiger partial charge in [0.2, 0.25) is 0 Å². The summed E-state index contributed by atoms with van der Waals surface area (Å²) in [6.07, 6.45) is 0.994. The molecule has 0 saturated heterocycles. The van der Waals surface area contributed by atoms with Gasteiger partial charge in [-0.3, -0.25) is 0 Å². The molecule has 0 aromatic carbocycles. The highest BCUT2D eigenvalue weighted by Gasteiger charge is 2.14. The van der Waals surface area contributed by atoms with Crippen molar-refractivity contribution in [3.05, 3.63) is 20.8 Å². The lowest BCUT2D eigenvalue weighted by atomic mass is 10.0. The van der Waals surface area contributed by atoms with Crippen molar-refractivity contribution in [1.82, 2.24) is 5.32 Å². The molecule has 0 aliphatic rings. The van der Waals surface area contributed by atoms with Gasteiger partial charge >= 0.3 is 0 Å². The smallest absolute Gasteiger partial charge is 0.0300 e. The monoisotopic (exact) mass is 276 g/mol. The third-order valence-electron chi connectivity index (χ3n) is 2.26. The maximum atomic E-state index is 6.02. The Balaban J connectivity index is 2.28.